The van der Waals surface area contributed by atoms with Crippen LogP contribution in [0.25, 0.3) is 0 Å². The normalized spacial score (nSPS) is 17.9. The molecule has 2 aliphatic rings. The van der Waals surface area contributed by atoms with E-state index in [1.165, 1.54) is 25.7 Å². The topological polar surface area (TPSA) is 52.6 Å². The average molecular weight is 434 g/mol. The van der Waals surface area contributed by atoms with Crippen molar-refractivity contribution >= 4 is 40.7 Å². The molecule has 0 radical (unpaired) electrons. The summed E-state index contributed by atoms with van der Waals surface area (Å²) in [5.41, 5.74) is 0.492. The van der Waals surface area contributed by atoms with Gasteiger partial charge in [-0.2, -0.15) is 0 Å². The lowest BCUT2D eigenvalue weighted by Crippen LogP contribution is -2.49. The molecular formula is C21H25Cl2N5O. The zero-order chi connectivity index (χ0) is 20.2. The van der Waals surface area contributed by atoms with E-state index in [1.54, 1.807) is 18.2 Å². The van der Waals surface area contributed by atoms with Gasteiger partial charge in [0.1, 0.15) is 0 Å². The van der Waals surface area contributed by atoms with Crippen LogP contribution in [-0.4, -0.2) is 60.3 Å². The molecule has 2 saturated heterocycles. The molecule has 154 valence electrons. The number of piperazine rings is 1. The van der Waals surface area contributed by atoms with Gasteiger partial charge in [-0.15, -0.1) is 10.2 Å². The lowest BCUT2D eigenvalue weighted by atomic mass is 10.1. The van der Waals surface area contributed by atoms with Gasteiger partial charge < -0.3 is 14.7 Å². The summed E-state index contributed by atoms with van der Waals surface area (Å²) in [7, 11) is 0. The van der Waals surface area contributed by atoms with E-state index in [0.29, 0.717) is 41.8 Å². The smallest absolute Gasteiger partial charge is 0.255 e. The predicted molar refractivity (Wildman–Crippen MR) is 117 cm³/mol. The maximum Gasteiger partial charge on any atom is 0.255 e. The van der Waals surface area contributed by atoms with Crippen molar-refractivity contribution in [2.75, 3.05) is 49.1 Å². The van der Waals surface area contributed by atoms with Crippen molar-refractivity contribution < 1.29 is 4.79 Å². The molecule has 4 rings (SSSR count). The molecule has 0 spiro atoms. The summed E-state index contributed by atoms with van der Waals surface area (Å²) in [6.45, 7) is 4.79. The highest BCUT2D eigenvalue weighted by Crippen LogP contribution is 2.24. The second-order valence-corrected chi connectivity index (χ2v) is 8.40. The zero-order valence-electron chi connectivity index (χ0n) is 16.4. The van der Waals surface area contributed by atoms with Crippen molar-refractivity contribution in [3.63, 3.8) is 0 Å². The molecule has 0 aliphatic carbocycles. The lowest BCUT2D eigenvalue weighted by molar-refractivity contribution is 0.0746. The molecule has 2 fully saturated rings. The Morgan fingerprint density at radius 2 is 1.34 bits per heavy atom. The van der Waals surface area contributed by atoms with E-state index in [0.717, 1.165) is 24.7 Å². The number of halogens is 2. The van der Waals surface area contributed by atoms with Crippen molar-refractivity contribution in [1.82, 2.24) is 15.1 Å². The summed E-state index contributed by atoms with van der Waals surface area (Å²) in [6, 6.07) is 9.10. The van der Waals surface area contributed by atoms with Gasteiger partial charge in [0, 0.05) is 44.3 Å². The van der Waals surface area contributed by atoms with Crippen molar-refractivity contribution in [2.24, 2.45) is 0 Å². The molecule has 2 aromatic rings. The Balaban J connectivity index is 1.36. The quantitative estimate of drug-likeness (QED) is 0.728. The van der Waals surface area contributed by atoms with Crippen molar-refractivity contribution in [3.8, 4) is 0 Å². The number of hydrogen-bond acceptors (Lipinski definition) is 5. The minimum atomic E-state index is -0.0612. The Hall–Kier alpha value is -2.05. The maximum absolute atomic E-state index is 12.8. The van der Waals surface area contributed by atoms with Gasteiger partial charge in [0.25, 0.3) is 5.91 Å². The summed E-state index contributed by atoms with van der Waals surface area (Å²) in [5, 5.41) is 9.83. The van der Waals surface area contributed by atoms with Crippen LogP contribution >= 0.6 is 23.2 Å². The molecule has 6 nitrogen and oxygen atoms in total. The van der Waals surface area contributed by atoms with Crippen molar-refractivity contribution in [1.29, 1.82) is 0 Å². The van der Waals surface area contributed by atoms with Crippen LogP contribution in [0.4, 0.5) is 11.6 Å². The molecule has 2 aliphatic heterocycles. The highest BCUT2D eigenvalue weighted by molar-refractivity contribution is 6.36. The van der Waals surface area contributed by atoms with E-state index in [4.69, 9.17) is 23.2 Å². The number of amides is 1. The van der Waals surface area contributed by atoms with Crippen LogP contribution < -0.4 is 9.80 Å². The third-order valence-electron chi connectivity index (χ3n) is 5.62. The fourth-order valence-electron chi connectivity index (χ4n) is 3.93. The van der Waals surface area contributed by atoms with Crippen LogP contribution in [0.3, 0.4) is 0 Å². The molecule has 3 heterocycles. The second kappa shape index (κ2) is 9.18. The van der Waals surface area contributed by atoms with Crippen molar-refractivity contribution in [2.45, 2.75) is 25.7 Å². The molecule has 0 saturated carbocycles. The summed E-state index contributed by atoms with van der Waals surface area (Å²) >= 11 is 12.1. The maximum atomic E-state index is 12.8. The number of anilines is 2. The predicted octanol–water partition coefficient (Wildman–Crippen LogP) is 4.13. The third-order valence-corrected chi connectivity index (χ3v) is 6.17. The molecule has 1 amide bonds. The number of carbonyl (C=O) groups is 1. The van der Waals surface area contributed by atoms with E-state index in [-0.39, 0.29) is 5.91 Å². The van der Waals surface area contributed by atoms with Gasteiger partial charge in [-0.05, 0) is 43.2 Å². The van der Waals surface area contributed by atoms with Crippen LogP contribution in [0.5, 0.6) is 0 Å². The molecule has 29 heavy (non-hydrogen) atoms. The molecule has 0 unspecified atom stereocenters. The zero-order valence-corrected chi connectivity index (χ0v) is 17.9. The first-order valence-electron chi connectivity index (χ1n) is 10.2. The van der Waals surface area contributed by atoms with Crippen LogP contribution in [0, 0.1) is 0 Å². The monoisotopic (exact) mass is 433 g/mol. The fourth-order valence-corrected chi connectivity index (χ4v) is 4.42. The van der Waals surface area contributed by atoms with E-state index in [2.05, 4.69) is 26.1 Å². The number of nitrogens with zero attached hydrogens (tertiary/aromatic N) is 5. The van der Waals surface area contributed by atoms with Crippen LogP contribution in [0.2, 0.25) is 10.0 Å². The molecule has 1 aromatic heterocycles. The highest BCUT2D eigenvalue weighted by Gasteiger charge is 2.24. The second-order valence-electron chi connectivity index (χ2n) is 7.55. The molecule has 0 bridgehead atoms. The largest absolute Gasteiger partial charge is 0.355 e. The average Bonchev–Trinajstić information content (AvgIpc) is 3.03. The van der Waals surface area contributed by atoms with Crippen molar-refractivity contribution in [3.05, 3.63) is 45.9 Å². The van der Waals surface area contributed by atoms with Gasteiger partial charge in [0.15, 0.2) is 11.6 Å². The van der Waals surface area contributed by atoms with E-state index in [9.17, 15) is 4.79 Å². The first-order valence-corrected chi connectivity index (χ1v) is 11.0. The van der Waals surface area contributed by atoms with Gasteiger partial charge in [-0.1, -0.05) is 36.0 Å². The third kappa shape index (κ3) is 4.75. The minimum absolute atomic E-state index is 0.0612. The Labute approximate surface area is 181 Å². The van der Waals surface area contributed by atoms with Gasteiger partial charge >= 0.3 is 0 Å². The summed E-state index contributed by atoms with van der Waals surface area (Å²) in [6.07, 6.45) is 5.03. The Kier molecular flexibility index (Phi) is 6.40. The van der Waals surface area contributed by atoms with Gasteiger partial charge in [0.2, 0.25) is 0 Å². The first-order chi connectivity index (χ1) is 14.1. The Morgan fingerprint density at radius 3 is 1.90 bits per heavy atom. The number of benzene rings is 1. The number of hydrogen-bond donors (Lipinski definition) is 0. The molecule has 0 N–H and O–H groups in total. The standard InChI is InChI=1S/C21H25Cl2N5O/c22-16-5-6-17(18(23)15-16)21(29)28-13-11-27(12-14-28)20-8-7-19(24-25-20)26-9-3-1-2-4-10-26/h5-8,15H,1-4,9-14H2. The highest BCUT2D eigenvalue weighted by atomic mass is 35.5. The Bertz CT molecular complexity index is 845. The summed E-state index contributed by atoms with van der Waals surface area (Å²) in [4.78, 5) is 19.1. The number of rotatable bonds is 3. The molecule has 0 atom stereocenters. The lowest BCUT2D eigenvalue weighted by Gasteiger charge is -2.35. The number of aromatic nitrogens is 2. The first kappa shape index (κ1) is 20.2. The SMILES string of the molecule is O=C(c1ccc(Cl)cc1Cl)N1CCN(c2ccc(N3CCCCCC3)nn2)CC1. The van der Waals surface area contributed by atoms with Gasteiger partial charge in [-0.3, -0.25) is 4.79 Å². The van der Waals surface area contributed by atoms with Gasteiger partial charge in [-0.25, -0.2) is 0 Å². The minimum Gasteiger partial charge on any atom is -0.355 e. The number of carbonyl (C=O) groups excluding carboxylic acids is 1. The van der Waals surface area contributed by atoms with E-state index in [1.807, 2.05) is 11.0 Å². The van der Waals surface area contributed by atoms with Crippen LogP contribution in [-0.2, 0) is 0 Å². The summed E-state index contributed by atoms with van der Waals surface area (Å²) < 4.78 is 0. The van der Waals surface area contributed by atoms with E-state index < -0.39 is 0 Å². The molecule has 8 heteroatoms. The van der Waals surface area contributed by atoms with Crippen LogP contribution in [0.1, 0.15) is 36.0 Å². The molecule has 1 aromatic carbocycles. The fraction of sp³-hybridized carbons (Fsp3) is 0.476. The van der Waals surface area contributed by atoms with Crippen LogP contribution in [0.15, 0.2) is 30.3 Å². The van der Waals surface area contributed by atoms with E-state index >= 15 is 0 Å². The Morgan fingerprint density at radius 1 is 0.759 bits per heavy atom. The summed E-state index contributed by atoms with van der Waals surface area (Å²) in [5.74, 6) is 1.76. The van der Waals surface area contributed by atoms with Gasteiger partial charge in [0.05, 0.1) is 10.6 Å². The molecular weight excluding hydrogens is 409 g/mol.